The highest BCUT2D eigenvalue weighted by Crippen LogP contribution is 2.39. The quantitative estimate of drug-likeness (QED) is 0.694. The molecular formula is C21H31NO6. The normalized spacial score (nSPS) is 17.2. The van der Waals surface area contributed by atoms with Crippen molar-refractivity contribution < 1.29 is 28.9 Å². The third kappa shape index (κ3) is 5.16. The van der Waals surface area contributed by atoms with Crippen molar-refractivity contribution in [1.82, 2.24) is 4.90 Å². The van der Waals surface area contributed by atoms with Crippen molar-refractivity contribution >= 4 is 11.9 Å². The molecule has 0 bridgehead atoms. The second-order valence-electron chi connectivity index (χ2n) is 7.50. The van der Waals surface area contributed by atoms with Crippen molar-refractivity contribution in [1.29, 1.82) is 0 Å². The minimum Gasteiger partial charge on any atom is -0.493 e. The second-order valence-corrected chi connectivity index (χ2v) is 7.50. The predicted octanol–water partition coefficient (Wildman–Crippen LogP) is 3.06. The number of ether oxygens (including phenoxy) is 3. The van der Waals surface area contributed by atoms with Gasteiger partial charge in [-0.3, -0.25) is 9.59 Å². The molecule has 2 unspecified atom stereocenters. The van der Waals surface area contributed by atoms with Gasteiger partial charge < -0.3 is 24.2 Å². The van der Waals surface area contributed by atoms with Crippen molar-refractivity contribution in [2.75, 3.05) is 27.4 Å². The number of carboxylic acids is 1. The summed E-state index contributed by atoms with van der Waals surface area (Å²) in [5, 5.41) is 9.43. The fourth-order valence-electron chi connectivity index (χ4n) is 3.46. The van der Waals surface area contributed by atoms with Crippen molar-refractivity contribution in [2.45, 2.75) is 52.2 Å². The summed E-state index contributed by atoms with van der Waals surface area (Å²) >= 11 is 0. The zero-order valence-corrected chi connectivity index (χ0v) is 17.4. The molecule has 0 saturated heterocycles. The van der Waals surface area contributed by atoms with Crippen molar-refractivity contribution in [3.8, 4) is 11.5 Å². The topological polar surface area (TPSA) is 85.3 Å². The van der Waals surface area contributed by atoms with Gasteiger partial charge in [0, 0.05) is 13.2 Å². The Bertz CT molecular complexity index is 702. The number of fused-ring (bicyclic) bond motifs is 1. The summed E-state index contributed by atoms with van der Waals surface area (Å²) in [4.78, 5) is 26.1. The summed E-state index contributed by atoms with van der Waals surface area (Å²) in [5.41, 5.74) is 1.76. The zero-order valence-electron chi connectivity index (χ0n) is 17.4. The minimum absolute atomic E-state index is 0.174. The lowest BCUT2D eigenvalue weighted by Crippen LogP contribution is -2.45. The van der Waals surface area contributed by atoms with Crippen LogP contribution in [0.3, 0.4) is 0 Å². The number of hydrogen-bond donors (Lipinski definition) is 1. The van der Waals surface area contributed by atoms with Crippen LogP contribution in [-0.2, 0) is 20.7 Å². The first-order chi connectivity index (χ1) is 13.3. The number of rotatable bonds is 9. The van der Waals surface area contributed by atoms with Gasteiger partial charge in [-0.1, -0.05) is 13.8 Å². The maximum absolute atomic E-state index is 13.0. The van der Waals surface area contributed by atoms with Crippen LogP contribution in [0.25, 0.3) is 0 Å². The van der Waals surface area contributed by atoms with Crippen LogP contribution < -0.4 is 9.47 Å². The molecule has 0 radical (unpaired) electrons. The highest BCUT2D eigenvalue weighted by atomic mass is 16.5. The Balaban J connectivity index is 2.28. The van der Waals surface area contributed by atoms with E-state index < -0.39 is 18.1 Å². The molecule has 1 amide bonds. The summed E-state index contributed by atoms with van der Waals surface area (Å²) in [6.07, 6.45) is 0.705. The van der Waals surface area contributed by atoms with Crippen molar-refractivity contribution in [3.05, 3.63) is 23.3 Å². The van der Waals surface area contributed by atoms with Crippen LogP contribution in [-0.4, -0.2) is 55.4 Å². The Morgan fingerprint density at radius 2 is 1.82 bits per heavy atom. The summed E-state index contributed by atoms with van der Waals surface area (Å²) in [5.74, 6) is 0.466. The van der Waals surface area contributed by atoms with Gasteiger partial charge in [-0.25, -0.2) is 0 Å². The van der Waals surface area contributed by atoms with Crippen LogP contribution in [0.2, 0.25) is 0 Å². The van der Waals surface area contributed by atoms with E-state index in [1.54, 1.807) is 25.0 Å². The Labute approximate surface area is 166 Å². The first-order valence-corrected chi connectivity index (χ1v) is 9.67. The van der Waals surface area contributed by atoms with Gasteiger partial charge in [0.2, 0.25) is 0 Å². The van der Waals surface area contributed by atoms with E-state index in [2.05, 4.69) is 13.8 Å². The molecule has 7 nitrogen and oxygen atoms in total. The molecule has 156 valence electrons. The highest BCUT2D eigenvalue weighted by Gasteiger charge is 2.35. The molecule has 0 fully saturated rings. The van der Waals surface area contributed by atoms with E-state index in [0.29, 0.717) is 37.0 Å². The number of aliphatic carboxylic acids is 1. The van der Waals surface area contributed by atoms with E-state index in [1.165, 1.54) is 7.11 Å². The molecule has 1 aliphatic heterocycles. The lowest BCUT2D eigenvalue weighted by Gasteiger charge is -2.38. The SMILES string of the molecule is COc1cc2c(cc1OC)C(CC(=O)O)N(C(=O)C(C)OCCC(C)C)CC2. The van der Waals surface area contributed by atoms with Crippen LogP contribution in [0.4, 0.5) is 0 Å². The Morgan fingerprint density at radius 3 is 2.39 bits per heavy atom. The summed E-state index contributed by atoms with van der Waals surface area (Å²) in [7, 11) is 3.10. The van der Waals surface area contributed by atoms with Crippen LogP contribution >= 0.6 is 0 Å². The predicted molar refractivity (Wildman–Crippen MR) is 105 cm³/mol. The second kappa shape index (κ2) is 9.78. The molecule has 1 aromatic carbocycles. The lowest BCUT2D eigenvalue weighted by atomic mass is 9.89. The molecule has 1 N–H and O–H groups in total. The van der Waals surface area contributed by atoms with Crippen LogP contribution in [0.5, 0.6) is 11.5 Å². The Morgan fingerprint density at radius 1 is 1.18 bits per heavy atom. The molecule has 28 heavy (non-hydrogen) atoms. The maximum atomic E-state index is 13.0. The number of carboxylic acid groups (broad SMARTS) is 1. The number of nitrogens with zero attached hydrogens (tertiary/aromatic N) is 1. The molecule has 1 aromatic rings. The molecule has 0 aliphatic carbocycles. The van der Waals surface area contributed by atoms with E-state index >= 15 is 0 Å². The van der Waals surface area contributed by atoms with E-state index in [0.717, 1.165) is 17.5 Å². The van der Waals surface area contributed by atoms with E-state index in [1.807, 2.05) is 6.07 Å². The maximum Gasteiger partial charge on any atom is 0.305 e. The van der Waals surface area contributed by atoms with Crippen molar-refractivity contribution in [3.63, 3.8) is 0 Å². The first kappa shape index (κ1) is 22.0. The van der Waals surface area contributed by atoms with Gasteiger partial charge in [0.05, 0.1) is 26.7 Å². The molecule has 0 saturated carbocycles. The van der Waals surface area contributed by atoms with Gasteiger partial charge in [0.15, 0.2) is 11.5 Å². The third-order valence-corrected chi connectivity index (χ3v) is 5.06. The summed E-state index contributed by atoms with van der Waals surface area (Å²) in [6.45, 7) is 6.87. The molecule has 0 spiro atoms. The van der Waals surface area contributed by atoms with Gasteiger partial charge in [0.25, 0.3) is 5.91 Å². The van der Waals surface area contributed by atoms with Gasteiger partial charge in [0.1, 0.15) is 6.10 Å². The van der Waals surface area contributed by atoms with Crippen LogP contribution in [0.15, 0.2) is 12.1 Å². The number of carbonyl (C=O) groups excluding carboxylic acids is 1. The first-order valence-electron chi connectivity index (χ1n) is 9.67. The monoisotopic (exact) mass is 393 g/mol. The third-order valence-electron chi connectivity index (χ3n) is 5.06. The molecular weight excluding hydrogens is 362 g/mol. The minimum atomic E-state index is -0.959. The molecule has 1 heterocycles. The zero-order chi connectivity index (χ0) is 20.8. The number of carbonyl (C=O) groups is 2. The molecule has 2 rings (SSSR count). The number of methoxy groups -OCH3 is 2. The Hall–Kier alpha value is -2.28. The standard InChI is InChI=1S/C21H31NO6/c1-13(2)7-9-28-14(3)21(25)22-8-6-15-10-18(26-4)19(27-5)11-16(15)17(22)12-20(23)24/h10-11,13-14,17H,6-9,12H2,1-5H3,(H,23,24). The van der Waals surface area contributed by atoms with Crippen molar-refractivity contribution in [2.24, 2.45) is 5.92 Å². The highest BCUT2D eigenvalue weighted by molar-refractivity contribution is 5.82. The van der Waals surface area contributed by atoms with Crippen LogP contribution in [0, 0.1) is 5.92 Å². The molecule has 1 aliphatic rings. The average molecular weight is 393 g/mol. The Kier molecular flexibility index (Phi) is 7.69. The number of hydrogen-bond acceptors (Lipinski definition) is 5. The number of amides is 1. The van der Waals surface area contributed by atoms with Gasteiger partial charge in [-0.2, -0.15) is 0 Å². The van der Waals surface area contributed by atoms with Crippen LogP contribution in [0.1, 0.15) is 50.8 Å². The number of benzene rings is 1. The van der Waals surface area contributed by atoms with Gasteiger partial charge >= 0.3 is 5.97 Å². The lowest BCUT2D eigenvalue weighted by molar-refractivity contribution is -0.148. The smallest absolute Gasteiger partial charge is 0.305 e. The molecule has 7 heteroatoms. The summed E-state index contributed by atoms with van der Waals surface area (Å²) in [6, 6.07) is 3.09. The van der Waals surface area contributed by atoms with Gasteiger partial charge in [-0.15, -0.1) is 0 Å². The molecule has 2 atom stereocenters. The summed E-state index contributed by atoms with van der Waals surface area (Å²) < 4.78 is 16.4. The van der Waals surface area contributed by atoms with E-state index in [-0.39, 0.29) is 12.3 Å². The van der Waals surface area contributed by atoms with E-state index in [4.69, 9.17) is 14.2 Å². The fraction of sp³-hybridized carbons (Fsp3) is 0.619. The largest absolute Gasteiger partial charge is 0.493 e. The molecule has 0 aromatic heterocycles. The fourth-order valence-corrected chi connectivity index (χ4v) is 3.46. The average Bonchev–Trinajstić information content (AvgIpc) is 2.65. The van der Waals surface area contributed by atoms with Gasteiger partial charge in [-0.05, 0) is 48.9 Å². The van der Waals surface area contributed by atoms with E-state index in [9.17, 15) is 14.7 Å².